The molecule has 0 radical (unpaired) electrons. The number of carbonyl (C=O) groups is 1. The van der Waals surface area contributed by atoms with Gasteiger partial charge in [-0.2, -0.15) is 0 Å². The van der Waals surface area contributed by atoms with Gasteiger partial charge in [-0.15, -0.1) is 0 Å². The van der Waals surface area contributed by atoms with Crippen molar-refractivity contribution in [1.82, 2.24) is 5.32 Å². The normalized spacial score (nSPS) is 12.9. The van der Waals surface area contributed by atoms with Crippen LogP contribution in [0.4, 0.5) is 4.79 Å². The van der Waals surface area contributed by atoms with Gasteiger partial charge in [-0.1, -0.05) is 87.5 Å². The molecule has 0 aliphatic rings. The van der Waals surface area contributed by atoms with Crippen molar-refractivity contribution in [2.45, 2.75) is 64.6 Å². The molecule has 1 atom stereocenters. The minimum absolute atomic E-state index is 0.185. The number of amides is 1. The molecule has 6 nitrogen and oxygen atoms in total. The minimum atomic E-state index is -2.80. The second-order valence-electron chi connectivity index (χ2n) is 11.7. The Bertz CT molecular complexity index is 1160. The van der Waals surface area contributed by atoms with Crippen LogP contribution in [0.2, 0.25) is 5.04 Å². The van der Waals surface area contributed by atoms with Crippen LogP contribution in [0.15, 0.2) is 78.9 Å². The van der Waals surface area contributed by atoms with E-state index in [-0.39, 0.29) is 11.1 Å². The Morgan fingerprint density at radius 2 is 1.33 bits per heavy atom. The number of methoxy groups -OCH3 is 2. The van der Waals surface area contributed by atoms with E-state index >= 15 is 0 Å². The summed E-state index contributed by atoms with van der Waals surface area (Å²) in [7, 11) is 0.432. The van der Waals surface area contributed by atoms with Gasteiger partial charge >= 0.3 is 6.09 Å². The van der Waals surface area contributed by atoms with E-state index in [4.69, 9.17) is 18.6 Å². The lowest BCUT2D eigenvalue weighted by atomic mass is 10.1. The Labute approximate surface area is 234 Å². The fourth-order valence-corrected chi connectivity index (χ4v) is 9.51. The summed E-state index contributed by atoms with van der Waals surface area (Å²) in [5, 5.41) is 5.27. The van der Waals surface area contributed by atoms with Crippen molar-refractivity contribution in [1.29, 1.82) is 0 Å². The first-order valence-electron chi connectivity index (χ1n) is 13.3. The Morgan fingerprint density at radius 3 is 1.79 bits per heavy atom. The minimum Gasteiger partial charge on any atom is -0.493 e. The number of benzene rings is 3. The van der Waals surface area contributed by atoms with Gasteiger partial charge in [0.2, 0.25) is 0 Å². The number of hydrogen-bond donors (Lipinski definition) is 1. The van der Waals surface area contributed by atoms with E-state index in [0.29, 0.717) is 24.5 Å². The van der Waals surface area contributed by atoms with Gasteiger partial charge in [0.05, 0.1) is 26.9 Å². The van der Waals surface area contributed by atoms with Crippen molar-refractivity contribution in [2.24, 2.45) is 0 Å². The fourth-order valence-electron chi connectivity index (χ4n) is 4.91. The largest absolute Gasteiger partial charge is 0.493 e. The van der Waals surface area contributed by atoms with Gasteiger partial charge in [-0.25, -0.2) is 4.79 Å². The van der Waals surface area contributed by atoms with Gasteiger partial charge in [0.25, 0.3) is 8.32 Å². The molecule has 0 spiro atoms. The number of carbonyl (C=O) groups excluding carboxylic acids is 1. The molecule has 0 bridgehead atoms. The predicted molar refractivity (Wildman–Crippen MR) is 160 cm³/mol. The topological polar surface area (TPSA) is 66.0 Å². The van der Waals surface area contributed by atoms with Gasteiger partial charge < -0.3 is 24.0 Å². The number of rotatable bonds is 10. The summed E-state index contributed by atoms with van der Waals surface area (Å²) in [5.74, 6) is 1.29. The molecule has 0 aliphatic heterocycles. The number of hydrogen-bond acceptors (Lipinski definition) is 5. The number of ether oxygens (including phenoxy) is 3. The monoisotopic (exact) mass is 549 g/mol. The molecule has 1 N–H and O–H groups in total. The lowest BCUT2D eigenvalue weighted by molar-refractivity contribution is 0.0486. The third-order valence-corrected chi connectivity index (χ3v) is 11.6. The highest BCUT2D eigenvalue weighted by atomic mass is 28.4. The molecule has 0 fully saturated rings. The Kier molecular flexibility index (Phi) is 9.86. The molecule has 0 heterocycles. The molecule has 210 valence electrons. The van der Waals surface area contributed by atoms with E-state index in [1.165, 1.54) is 10.4 Å². The second kappa shape index (κ2) is 12.7. The van der Waals surface area contributed by atoms with Crippen LogP contribution >= 0.6 is 0 Å². The molecule has 3 aromatic carbocycles. The molecule has 7 heteroatoms. The summed E-state index contributed by atoms with van der Waals surface area (Å²) in [5.41, 5.74) is 0.372. The molecule has 0 aromatic heterocycles. The number of nitrogens with one attached hydrogen (secondary N) is 1. The highest BCUT2D eigenvalue weighted by Gasteiger charge is 2.50. The molecule has 0 aliphatic carbocycles. The van der Waals surface area contributed by atoms with Crippen LogP contribution in [0, 0.1) is 0 Å². The summed E-state index contributed by atoms with van der Waals surface area (Å²) in [6, 6.07) is 26.4. The van der Waals surface area contributed by atoms with Gasteiger partial charge in [0, 0.05) is 0 Å². The fraction of sp³-hybridized carbons (Fsp3) is 0.406. The van der Waals surface area contributed by atoms with Gasteiger partial charge in [0.15, 0.2) is 11.5 Å². The summed E-state index contributed by atoms with van der Waals surface area (Å²) in [4.78, 5) is 12.9. The van der Waals surface area contributed by atoms with Crippen LogP contribution in [0.1, 0.15) is 47.1 Å². The van der Waals surface area contributed by atoms with Crippen LogP contribution in [0.5, 0.6) is 11.5 Å². The van der Waals surface area contributed by atoms with Crippen LogP contribution in [0.25, 0.3) is 0 Å². The Morgan fingerprint density at radius 1 is 0.795 bits per heavy atom. The quantitative estimate of drug-likeness (QED) is 0.328. The first-order chi connectivity index (χ1) is 18.4. The van der Waals surface area contributed by atoms with Crippen molar-refractivity contribution in [3.05, 3.63) is 84.4 Å². The highest BCUT2D eigenvalue weighted by Crippen LogP contribution is 2.37. The van der Waals surface area contributed by atoms with Gasteiger partial charge in [-0.05, 0) is 60.3 Å². The van der Waals surface area contributed by atoms with Crippen LogP contribution < -0.4 is 25.2 Å². The van der Waals surface area contributed by atoms with Crippen molar-refractivity contribution < 1.29 is 23.4 Å². The maximum atomic E-state index is 12.9. The SMILES string of the molecule is COc1ccc(C[C@@H](CO[Si](c2ccccc2)(c2ccccc2)C(C)(C)C)NC(=O)OC(C)(C)C)cc1OC. The zero-order chi connectivity index (χ0) is 28.7. The average molecular weight is 550 g/mol. The van der Waals surface area contributed by atoms with E-state index < -0.39 is 20.0 Å². The first kappa shape index (κ1) is 30.3. The van der Waals surface area contributed by atoms with E-state index in [1.807, 2.05) is 51.1 Å². The molecule has 39 heavy (non-hydrogen) atoms. The molecular formula is C32H43NO5Si. The van der Waals surface area contributed by atoms with Gasteiger partial charge in [-0.3, -0.25) is 0 Å². The van der Waals surface area contributed by atoms with Crippen LogP contribution in [0.3, 0.4) is 0 Å². The molecule has 0 saturated heterocycles. The molecule has 1 amide bonds. The Balaban J connectivity index is 2.01. The van der Waals surface area contributed by atoms with E-state index in [1.54, 1.807) is 14.2 Å². The van der Waals surface area contributed by atoms with E-state index in [2.05, 4.69) is 74.6 Å². The molecule has 0 unspecified atom stereocenters. The summed E-state index contributed by atoms with van der Waals surface area (Å²) >= 11 is 0. The zero-order valence-corrected chi connectivity index (χ0v) is 25.5. The standard InChI is InChI=1S/C32H43NO5Si/c1-31(2,3)38-30(34)33-25(21-24-19-20-28(35-7)29(22-24)36-8)23-37-39(32(4,5)6,26-15-11-9-12-16-26)27-17-13-10-14-18-27/h9-20,22,25H,21,23H2,1-8H3,(H,33,34)/t25-/m0/s1. The average Bonchev–Trinajstić information content (AvgIpc) is 2.88. The smallest absolute Gasteiger partial charge is 0.407 e. The molecular weight excluding hydrogens is 506 g/mol. The lowest BCUT2D eigenvalue weighted by Crippen LogP contribution is -2.67. The van der Waals surface area contributed by atoms with Crippen molar-refractivity contribution in [2.75, 3.05) is 20.8 Å². The van der Waals surface area contributed by atoms with Crippen molar-refractivity contribution >= 4 is 24.8 Å². The molecule has 3 rings (SSSR count). The van der Waals surface area contributed by atoms with E-state index in [0.717, 1.165) is 5.56 Å². The van der Waals surface area contributed by atoms with Crippen molar-refractivity contribution in [3.8, 4) is 11.5 Å². The third kappa shape index (κ3) is 7.64. The lowest BCUT2D eigenvalue weighted by Gasteiger charge is -2.43. The molecule has 3 aromatic rings. The second-order valence-corrected chi connectivity index (χ2v) is 16.0. The summed E-state index contributed by atoms with van der Waals surface area (Å²) in [6.07, 6.45) is 0.0525. The van der Waals surface area contributed by atoms with Crippen LogP contribution in [-0.2, 0) is 15.6 Å². The predicted octanol–water partition coefficient (Wildman–Crippen LogP) is 5.72. The third-order valence-electron chi connectivity index (χ3n) is 6.57. The summed E-state index contributed by atoms with van der Waals surface area (Å²) in [6.45, 7) is 12.6. The molecule has 0 saturated carbocycles. The Hall–Kier alpha value is -3.29. The maximum Gasteiger partial charge on any atom is 0.407 e. The highest BCUT2D eigenvalue weighted by molar-refractivity contribution is 6.99. The summed E-state index contributed by atoms with van der Waals surface area (Å²) < 4.78 is 23.7. The van der Waals surface area contributed by atoms with E-state index in [9.17, 15) is 4.79 Å². The number of alkyl carbamates (subject to hydrolysis) is 1. The van der Waals surface area contributed by atoms with Gasteiger partial charge in [0.1, 0.15) is 5.60 Å². The maximum absolute atomic E-state index is 12.9. The van der Waals surface area contributed by atoms with Crippen molar-refractivity contribution in [3.63, 3.8) is 0 Å². The zero-order valence-electron chi connectivity index (χ0n) is 24.5. The van der Waals surface area contributed by atoms with Crippen LogP contribution in [-0.4, -0.2) is 46.9 Å². The first-order valence-corrected chi connectivity index (χ1v) is 15.3.